The molecule has 136 valence electrons. The van der Waals surface area contributed by atoms with Crippen LogP contribution in [0.3, 0.4) is 0 Å². The number of hydrogen-bond donors (Lipinski definition) is 0. The van der Waals surface area contributed by atoms with Crippen molar-refractivity contribution in [2.45, 2.75) is 72.6 Å². The van der Waals surface area contributed by atoms with Gasteiger partial charge in [-0.05, 0) is 0 Å². The van der Waals surface area contributed by atoms with Gasteiger partial charge in [0.2, 0.25) is 0 Å². The molecule has 0 spiro atoms. The van der Waals surface area contributed by atoms with Crippen LogP contribution in [0.1, 0.15) is 72.6 Å². The van der Waals surface area contributed by atoms with E-state index in [0.717, 1.165) is 12.8 Å². The molecule has 1 saturated carbocycles. The Labute approximate surface area is 183 Å². The molecule has 3 aliphatic carbocycles. The Hall–Kier alpha value is 0.423. The Balaban J connectivity index is -0.000000116. The Morgan fingerprint density at radius 3 is 1.21 bits per heavy atom. The van der Waals surface area contributed by atoms with Crippen LogP contribution in [-0.2, 0) is 26.2 Å². The van der Waals surface area contributed by atoms with Crippen LogP contribution in [0, 0.1) is 26.0 Å². The zero-order chi connectivity index (χ0) is 14.8. The van der Waals surface area contributed by atoms with Gasteiger partial charge in [0.25, 0.3) is 0 Å². The summed E-state index contributed by atoms with van der Waals surface area (Å²) in [5, 5.41) is 0. The second kappa shape index (κ2) is 19.7. The summed E-state index contributed by atoms with van der Waals surface area (Å²) in [6.07, 6.45) is 21.9. The van der Waals surface area contributed by atoms with Crippen molar-refractivity contribution in [3.05, 3.63) is 60.4 Å². The van der Waals surface area contributed by atoms with Gasteiger partial charge in [-0.25, -0.2) is 23.3 Å². The molecule has 0 atom stereocenters. The smallest absolute Gasteiger partial charge is 0.358 e. The average molecular weight is 449 g/mol. The molecule has 3 aliphatic rings. The molecule has 0 aliphatic heterocycles. The largest absolute Gasteiger partial charge is 4.00 e. The van der Waals surface area contributed by atoms with Crippen molar-refractivity contribution in [3.63, 3.8) is 0 Å². The fourth-order valence-electron chi connectivity index (χ4n) is 2.14. The van der Waals surface area contributed by atoms with E-state index < -0.39 is 0 Å². The SMILES string of the molecule is CC1=C(C)C[C-]=C1.CC1=C(C)C[C-]=C1.Cl.Cl.[CH-]1CCCCC1.[CH3-].[Zr+4]. The van der Waals surface area contributed by atoms with Crippen molar-refractivity contribution in [2.24, 2.45) is 0 Å². The predicted octanol–water partition coefficient (Wildman–Crippen LogP) is 7.62. The third kappa shape index (κ3) is 14.7. The first-order valence-electron chi connectivity index (χ1n) is 7.89. The molecule has 1 fully saturated rings. The minimum Gasteiger partial charge on any atom is -0.358 e. The average Bonchev–Trinajstić information content (AvgIpc) is 3.03. The molecule has 3 heteroatoms. The first-order valence-corrected chi connectivity index (χ1v) is 7.89. The third-order valence-electron chi connectivity index (χ3n) is 4.03. The van der Waals surface area contributed by atoms with E-state index in [9.17, 15) is 0 Å². The summed E-state index contributed by atoms with van der Waals surface area (Å²) in [5.41, 5.74) is 5.69. The van der Waals surface area contributed by atoms with E-state index in [2.05, 4.69) is 58.4 Å². The first-order chi connectivity index (χ1) is 9.61. The Kier molecular flexibility index (Phi) is 26.4. The minimum absolute atomic E-state index is 0. The Morgan fingerprint density at radius 2 is 1.12 bits per heavy atom. The van der Waals surface area contributed by atoms with Crippen molar-refractivity contribution in [1.29, 1.82) is 0 Å². The summed E-state index contributed by atoms with van der Waals surface area (Å²) in [5.74, 6) is 0. The van der Waals surface area contributed by atoms with E-state index in [0.29, 0.717) is 0 Å². The molecule has 0 nitrogen and oxygen atoms in total. The zero-order valence-corrected chi connectivity index (χ0v) is 20.1. The van der Waals surface area contributed by atoms with Crippen molar-refractivity contribution in [3.8, 4) is 0 Å². The van der Waals surface area contributed by atoms with Crippen LogP contribution in [0.25, 0.3) is 0 Å². The quantitative estimate of drug-likeness (QED) is 0.334. The van der Waals surface area contributed by atoms with E-state index in [1.165, 1.54) is 54.4 Å². The van der Waals surface area contributed by atoms with Gasteiger partial charge in [0.15, 0.2) is 0 Å². The topological polar surface area (TPSA) is 0 Å². The van der Waals surface area contributed by atoms with Crippen molar-refractivity contribution in [1.82, 2.24) is 0 Å². The van der Waals surface area contributed by atoms with Crippen LogP contribution < -0.4 is 0 Å². The molecule has 0 aromatic rings. The van der Waals surface area contributed by atoms with E-state index in [1.807, 2.05) is 0 Å². The molecule has 0 bridgehead atoms. The van der Waals surface area contributed by atoms with E-state index in [4.69, 9.17) is 0 Å². The summed E-state index contributed by atoms with van der Waals surface area (Å²) in [4.78, 5) is 0. The van der Waals surface area contributed by atoms with Gasteiger partial charge < -0.3 is 13.8 Å². The summed E-state index contributed by atoms with van der Waals surface area (Å²) in [6.45, 7) is 8.53. The molecule has 0 aromatic heterocycles. The number of halogens is 2. The molecule has 3 rings (SSSR count). The molecule has 0 aromatic carbocycles. The summed E-state index contributed by atoms with van der Waals surface area (Å²) >= 11 is 0. The normalized spacial score (nSPS) is 17.2. The molecular formula is C21H34Cl2Zr. The van der Waals surface area contributed by atoms with E-state index in [-0.39, 0.29) is 58.4 Å². The first kappa shape index (κ1) is 32.1. The van der Waals surface area contributed by atoms with Crippen LogP contribution in [0.15, 0.2) is 34.4 Å². The van der Waals surface area contributed by atoms with Gasteiger partial charge in [-0.2, -0.15) is 24.0 Å². The maximum absolute atomic E-state index is 3.12. The van der Waals surface area contributed by atoms with Crippen LogP contribution in [-0.4, -0.2) is 0 Å². The van der Waals surface area contributed by atoms with Gasteiger partial charge in [-0.1, -0.05) is 33.1 Å². The van der Waals surface area contributed by atoms with Gasteiger partial charge in [-0.15, -0.1) is 51.5 Å². The summed E-state index contributed by atoms with van der Waals surface area (Å²) in [7, 11) is 0. The second-order valence-electron chi connectivity index (χ2n) is 5.90. The molecule has 0 unspecified atom stereocenters. The maximum Gasteiger partial charge on any atom is 4.00 e. The minimum atomic E-state index is 0. The predicted molar refractivity (Wildman–Crippen MR) is 110 cm³/mol. The standard InChI is InChI=1S/2C7H9.C6H11.CH3.2ClH.Zr/c2*1-6-4-3-5-7(6)2;1-2-4-6-5-3-1;;;;/h2*4H,5H2,1-2H3;1H,2-6H2;1H3;2*1H;/q4*-1;;;+4. The molecule has 0 heterocycles. The third-order valence-corrected chi connectivity index (χ3v) is 4.03. The molecule has 0 saturated heterocycles. The molecule has 24 heavy (non-hydrogen) atoms. The van der Waals surface area contributed by atoms with Crippen LogP contribution >= 0.6 is 24.8 Å². The maximum atomic E-state index is 3.12. The number of rotatable bonds is 0. The Bertz CT molecular complexity index is 368. The van der Waals surface area contributed by atoms with E-state index in [1.54, 1.807) is 0 Å². The van der Waals surface area contributed by atoms with E-state index >= 15 is 0 Å². The molecule has 0 radical (unpaired) electrons. The Morgan fingerprint density at radius 1 is 0.750 bits per heavy atom. The fraction of sp³-hybridized carbons (Fsp3) is 0.524. The monoisotopic (exact) mass is 446 g/mol. The van der Waals surface area contributed by atoms with Gasteiger partial charge in [0.05, 0.1) is 0 Å². The molecule has 0 N–H and O–H groups in total. The van der Waals surface area contributed by atoms with Gasteiger partial charge in [0, 0.05) is 0 Å². The van der Waals surface area contributed by atoms with Crippen LogP contribution in [0.2, 0.25) is 0 Å². The van der Waals surface area contributed by atoms with Crippen LogP contribution in [0.4, 0.5) is 0 Å². The van der Waals surface area contributed by atoms with Crippen LogP contribution in [0.5, 0.6) is 0 Å². The fourth-order valence-corrected chi connectivity index (χ4v) is 2.14. The summed E-state index contributed by atoms with van der Waals surface area (Å²) < 4.78 is 0. The second-order valence-corrected chi connectivity index (χ2v) is 5.90. The zero-order valence-electron chi connectivity index (χ0n) is 16.0. The molecule has 0 amide bonds. The summed E-state index contributed by atoms with van der Waals surface area (Å²) in [6, 6.07) is 0. The van der Waals surface area contributed by atoms with Crippen molar-refractivity contribution < 1.29 is 26.2 Å². The molecular weight excluding hydrogens is 414 g/mol. The van der Waals surface area contributed by atoms with Gasteiger partial charge >= 0.3 is 26.2 Å². The van der Waals surface area contributed by atoms with Gasteiger partial charge in [0.1, 0.15) is 0 Å². The van der Waals surface area contributed by atoms with Crippen molar-refractivity contribution in [2.75, 3.05) is 0 Å². The number of allylic oxidation sites excluding steroid dienone is 8. The van der Waals surface area contributed by atoms with Gasteiger partial charge in [-0.3, -0.25) is 12.2 Å². The van der Waals surface area contributed by atoms with Crippen molar-refractivity contribution >= 4 is 24.8 Å². The number of hydrogen-bond acceptors (Lipinski definition) is 0.